The van der Waals surface area contributed by atoms with E-state index in [4.69, 9.17) is 4.42 Å². The maximum atomic E-state index is 12.0. The molecule has 2 heterocycles. The van der Waals surface area contributed by atoms with Crippen molar-refractivity contribution >= 4 is 5.91 Å². The Balaban J connectivity index is 1.98. The molecule has 17 heavy (non-hydrogen) atoms. The Labute approximate surface area is 102 Å². The Morgan fingerprint density at radius 3 is 3.06 bits per heavy atom. The smallest absolute Gasteiger partial charge is 0.287 e. The molecular weight excluding hydrogens is 216 g/mol. The second-order valence-electron chi connectivity index (χ2n) is 4.59. The summed E-state index contributed by atoms with van der Waals surface area (Å²) in [6.45, 7) is 5.90. The minimum absolute atomic E-state index is 0.0958. The summed E-state index contributed by atoms with van der Waals surface area (Å²) in [6, 6.07) is 2.05. The van der Waals surface area contributed by atoms with Crippen LogP contribution in [-0.2, 0) is 6.42 Å². The van der Waals surface area contributed by atoms with Gasteiger partial charge in [0, 0.05) is 19.0 Å². The number of carbonyl (C=O) groups is 1. The summed E-state index contributed by atoms with van der Waals surface area (Å²) in [7, 11) is 0. The van der Waals surface area contributed by atoms with Gasteiger partial charge in [0.1, 0.15) is 5.76 Å². The number of amides is 1. The zero-order chi connectivity index (χ0) is 12.3. The Bertz CT molecular complexity index is 392. The third kappa shape index (κ3) is 2.88. The average molecular weight is 236 g/mol. The number of hydrogen-bond acceptors (Lipinski definition) is 3. The third-order valence-corrected chi connectivity index (χ3v) is 3.20. The van der Waals surface area contributed by atoms with Gasteiger partial charge in [-0.1, -0.05) is 6.92 Å². The van der Waals surface area contributed by atoms with Crippen LogP contribution in [0.15, 0.2) is 10.5 Å². The van der Waals surface area contributed by atoms with Crippen LogP contribution in [-0.4, -0.2) is 25.0 Å². The third-order valence-electron chi connectivity index (χ3n) is 3.20. The van der Waals surface area contributed by atoms with Gasteiger partial charge in [-0.05, 0) is 37.9 Å². The summed E-state index contributed by atoms with van der Waals surface area (Å²) < 4.78 is 5.53. The van der Waals surface area contributed by atoms with Crippen molar-refractivity contribution in [3.05, 3.63) is 23.2 Å². The zero-order valence-electron chi connectivity index (χ0n) is 10.5. The van der Waals surface area contributed by atoms with E-state index in [1.807, 2.05) is 19.9 Å². The largest absolute Gasteiger partial charge is 0.456 e. The van der Waals surface area contributed by atoms with E-state index in [1.165, 1.54) is 0 Å². The highest BCUT2D eigenvalue weighted by Gasteiger charge is 2.19. The predicted molar refractivity (Wildman–Crippen MR) is 66.2 cm³/mol. The zero-order valence-corrected chi connectivity index (χ0v) is 10.5. The van der Waals surface area contributed by atoms with Crippen LogP contribution in [0.25, 0.3) is 0 Å². The van der Waals surface area contributed by atoms with E-state index in [9.17, 15) is 4.79 Å². The molecule has 4 heteroatoms. The van der Waals surface area contributed by atoms with Gasteiger partial charge in [-0.2, -0.15) is 0 Å². The number of furan rings is 1. The first-order valence-electron chi connectivity index (χ1n) is 6.31. The monoisotopic (exact) mass is 236 g/mol. The number of hydrogen-bond donors (Lipinski definition) is 2. The fourth-order valence-corrected chi connectivity index (χ4v) is 2.21. The number of carbonyl (C=O) groups excluding carboxylic acids is 1. The standard InChI is InChI=1S/C13H20N2O2/c1-3-11-9(2)7-12(17-11)13(16)15-10-5-4-6-14-8-10/h7,10,14H,3-6,8H2,1-2H3,(H,15,16)/t10-/m1/s1. The fraction of sp³-hybridized carbons (Fsp3) is 0.615. The number of piperidine rings is 1. The normalized spacial score (nSPS) is 20.2. The highest BCUT2D eigenvalue weighted by molar-refractivity contribution is 5.92. The number of rotatable bonds is 3. The summed E-state index contributed by atoms with van der Waals surface area (Å²) >= 11 is 0. The van der Waals surface area contributed by atoms with E-state index in [-0.39, 0.29) is 11.9 Å². The van der Waals surface area contributed by atoms with Gasteiger partial charge in [0.05, 0.1) is 0 Å². The van der Waals surface area contributed by atoms with Crippen LogP contribution >= 0.6 is 0 Å². The summed E-state index contributed by atoms with van der Waals surface area (Å²) in [6.07, 6.45) is 2.98. The molecule has 0 bridgehead atoms. The molecule has 1 saturated heterocycles. The molecule has 1 aliphatic heterocycles. The van der Waals surface area contributed by atoms with Crippen molar-refractivity contribution in [2.24, 2.45) is 0 Å². The number of aryl methyl sites for hydroxylation is 2. The molecule has 0 unspecified atom stereocenters. The molecule has 0 radical (unpaired) electrons. The molecule has 1 amide bonds. The quantitative estimate of drug-likeness (QED) is 0.838. The van der Waals surface area contributed by atoms with Crippen molar-refractivity contribution in [1.29, 1.82) is 0 Å². The SMILES string of the molecule is CCc1oc(C(=O)N[C@@H]2CCCNC2)cc1C. The van der Waals surface area contributed by atoms with Gasteiger partial charge in [-0.15, -0.1) is 0 Å². The lowest BCUT2D eigenvalue weighted by atomic mass is 10.1. The van der Waals surface area contributed by atoms with Crippen molar-refractivity contribution in [3.63, 3.8) is 0 Å². The first kappa shape index (κ1) is 12.2. The van der Waals surface area contributed by atoms with Crippen molar-refractivity contribution in [2.75, 3.05) is 13.1 Å². The van der Waals surface area contributed by atoms with E-state index >= 15 is 0 Å². The molecule has 2 N–H and O–H groups in total. The topological polar surface area (TPSA) is 54.3 Å². The Morgan fingerprint density at radius 1 is 1.65 bits per heavy atom. The van der Waals surface area contributed by atoms with Crippen LogP contribution in [0.5, 0.6) is 0 Å². The molecule has 4 nitrogen and oxygen atoms in total. The Morgan fingerprint density at radius 2 is 2.47 bits per heavy atom. The average Bonchev–Trinajstić information content (AvgIpc) is 2.72. The van der Waals surface area contributed by atoms with Crippen LogP contribution in [0.4, 0.5) is 0 Å². The number of nitrogens with one attached hydrogen (secondary N) is 2. The molecule has 1 fully saturated rings. The van der Waals surface area contributed by atoms with Gasteiger partial charge < -0.3 is 15.1 Å². The molecule has 94 valence electrons. The van der Waals surface area contributed by atoms with Gasteiger partial charge in [0.2, 0.25) is 0 Å². The lowest BCUT2D eigenvalue weighted by Crippen LogP contribution is -2.45. The van der Waals surface area contributed by atoms with Gasteiger partial charge in [0.15, 0.2) is 5.76 Å². The van der Waals surface area contributed by atoms with Gasteiger partial charge in [-0.3, -0.25) is 4.79 Å². The van der Waals surface area contributed by atoms with E-state index in [0.29, 0.717) is 5.76 Å². The minimum atomic E-state index is -0.0958. The van der Waals surface area contributed by atoms with E-state index < -0.39 is 0 Å². The molecule has 0 aliphatic carbocycles. The minimum Gasteiger partial charge on any atom is -0.456 e. The second-order valence-corrected chi connectivity index (χ2v) is 4.59. The van der Waals surface area contributed by atoms with Gasteiger partial charge in [-0.25, -0.2) is 0 Å². The molecule has 1 aromatic rings. The summed E-state index contributed by atoms with van der Waals surface area (Å²) in [4.78, 5) is 12.0. The highest BCUT2D eigenvalue weighted by Crippen LogP contribution is 2.15. The van der Waals surface area contributed by atoms with Crippen molar-refractivity contribution in [3.8, 4) is 0 Å². The van der Waals surface area contributed by atoms with Crippen molar-refractivity contribution in [2.45, 2.75) is 39.2 Å². The van der Waals surface area contributed by atoms with E-state index in [0.717, 1.165) is 43.7 Å². The Kier molecular flexibility index (Phi) is 3.84. The summed E-state index contributed by atoms with van der Waals surface area (Å²) in [5, 5.41) is 6.28. The van der Waals surface area contributed by atoms with Gasteiger partial charge in [0.25, 0.3) is 5.91 Å². The predicted octanol–water partition coefficient (Wildman–Crippen LogP) is 1.63. The first-order chi connectivity index (χ1) is 8.20. The molecule has 2 rings (SSSR count). The maximum Gasteiger partial charge on any atom is 0.287 e. The molecule has 0 saturated carbocycles. The molecular formula is C13H20N2O2. The maximum absolute atomic E-state index is 12.0. The Hall–Kier alpha value is -1.29. The van der Waals surface area contributed by atoms with Crippen LogP contribution < -0.4 is 10.6 Å². The lowest BCUT2D eigenvalue weighted by Gasteiger charge is -2.23. The first-order valence-corrected chi connectivity index (χ1v) is 6.31. The van der Waals surface area contributed by atoms with Crippen molar-refractivity contribution in [1.82, 2.24) is 10.6 Å². The van der Waals surface area contributed by atoms with E-state index in [2.05, 4.69) is 10.6 Å². The van der Waals surface area contributed by atoms with Crippen LogP contribution in [0.3, 0.4) is 0 Å². The van der Waals surface area contributed by atoms with Crippen LogP contribution in [0, 0.1) is 6.92 Å². The molecule has 0 aromatic carbocycles. The van der Waals surface area contributed by atoms with Crippen LogP contribution in [0.1, 0.15) is 41.6 Å². The fourth-order valence-electron chi connectivity index (χ4n) is 2.21. The lowest BCUT2D eigenvalue weighted by molar-refractivity contribution is 0.0901. The van der Waals surface area contributed by atoms with Crippen LogP contribution in [0.2, 0.25) is 0 Å². The summed E-state index contributed by atoms with van der Waals surface area (Å²) in [5.41, 5.74) is 1.06. The van der Waals surface area contributed by atoms with Crippen molar-refractivity contribution < 1.29 is 9.21 Å². The molecule has 1 atom stereocenters. The molecule has 1 aliphatic rings. The molecule has 1 aromatic heterocycles. The van der Waals surface area contributed by atoms with Gasteiger partial charge >= 0.3 is 0 Å². The summed E-state index contributed by atoms with van der Waals surface area (Å²) in [5.74, 6) is 1.24. The second kappa shape index (κ2) is 5.36. The highest BCUT2D eigenvalue weighted by atomic mass is 16.4. The van der Waals surface area contributed by atoms with E-state index in [1.54, 1.807) is 0 Å². The molecule has 0 spiro atoms.